The SMILES string of the molecule is NC=Cc1nc(N)nnc1-c1ccc(C(F)(F)F)cc1C(F)(F)F. The monoisotopic (exact) mass is 349 g/mol. The molecule has 0 saturated carbocycles. The van der Waals surface area contributed by atoms with Crippen LogP contribution in [-0.4, -0.2) is 15.2 Å². The number of halogens is 6. The number of aromatic nitrogens is 3. The normalized spacial score (nSPS) is 12.8. The molecule has 0 spiro atoms. The van der Waals surface area contributed by atoms with Gasteiger partial charge in [0.2, 0.25) is 5.95 Å². The Morgan fingerprint density at radius 3 is 2.17 bits per heavy atom. The van der Waals surface area contributed by atoms with Crippen LogP contribution in [0.1, 0.15) is 16.8 Å². The van der Waals surface area contributed by atoms with Crippen LogP contribution in [0.5, 0.6) is 0 Å². The molecule has 1 aromatic carbocycles. The minimum atomic E-state index is -5.05. The number of nitrogens with two attached hydrogens (primary N) is 2. The smallest absolute Gasteiger partial charge is 0.405 e. The van der Waals surface area contributed by atoms with Gasteiger partial charge >= 0.3 is 12.4 Å². The van der Waals surface area contributed by atoms with Crippen molar-refractivity contribution >= 4 is 12.0 Å². The number of hydrogen-bond acceptors (Lipinski definition) is 5. The van der Waals surface area contributed by atoms with E-state index in [1.165, 1.54) is 0 Å². The van der Waals surface area contributed by atoms with E-state index in [1.807, 2.05) is 0 Å². The highest BCUT2D eigenvalue weighted by molar-refractivity contribution is 5.73. The Morgan fingerprint density at radius 2 is 1.62 bits per heavy atom. The van der Waals surface area contributed by atoms with Gasteiger partial charge in [0.05, 0.1) is 16.8 Å². The van der Waals surface area contributed by atoms with E-state index in [0.29, 0.717) is 12.1 Å². The summed E-state index contributed by atoms with van der Waals surface area (Å²) in [4.78, 5) is 3.68. The maximum Gasteiger partial charge on any atom is 0.417 e. The van der Waals surface area contributed by atoms with Gasteiger partial charge in [0.1, 0.15) is 5.69 Å². The summed E-state index contributed by atoms with van der Waals surface area (Å²) in [6, 6.07) is 1.17. The second-order valence-electron chi connectivity index (χ2n) is 4.52. The average molecular weight is 349 g/mol. The summed E-state index contributed by atoms with van der Waals surface area (Å²) in [5.41, 5.74) is 6.36. The first-order valence-electron chi connectivity index (χ1n) is 6.21. The Hall–Kier alpha value is -2.85. The van der Waals surface area contributed by atoms with Crippen LogP contribution in [0.4, 0.5) is 32.3 Å². The van der Waals surface area contributed by atoms with Gasteiger partial charge < -0.3 is 11.5 Å². The molecule has 0 fully saturated rings. The third-order valence-electron chi connectivity index (χ3n) is 2.89. The zero-order valence-electron chi connectivity index (χ0n) is 11.7. The van der Waals surface area contributed by atoms with Crippen LogP contribution < -0.4 is 11.5 Å². The van der Waals surface area contributed by atoms with Crippen molar-refractivity contribution in [2.75, 3.05) is 5.73 Å². The zero-order valence-corrected chi connectivity index (χ0v) is 11.7. The fourth-order valence-corrected chi connectivity index (χ4v) is 1.91. The highest BCUT2D eigenvalue weighted by Gasteiger charge is 2.39. The Balaban J connectivity index is 2.76. The first kappa shape index (κ1) is 17.5. The molecule has 0 aliphatic heterocycles. The molecule has 5 nitrogen and oxygen atoms in total. The standard InChI is InChI=1S/C13H9F6N5/c14-12(15,16)6-1-2-7(8(5-6)13(17,18)19)10-9(3-4-20)22-11(21)24-23-10/h1-5H,20H2,(H2,21,22,24). The second-order valence-corrected chi connectivity index (χ2v) is 4.52. The first-order chi connectivity index (χ1) is 11.0. The molecular formula is C13H9F6N5. The number of rotatable bonds is 2. The van der Waals surface area contributed by atoms with Crippen molar-refractivity contribution < 1.29 is 26.3 Å². The van der Waals surface area contributed by atoms with Crippen molar-refractivity contribution in [3.8, 4) is 11.3 Å². The van der Waals surface area contributed by atoms with Gasteiger partial charge in [-0.1, -0.05) is 6.07 Å². The Morgan fingerprint density at radius 1 is 0.958 bits per heavy atom. The number of nitrogen functional groups attached to an aromatic ring is 1. The maximum atomic E-state index is 13.2. The minimum Gasteiger partial charge on any atom is -0.405 e. The van der Waals surface area contributed by atoms with E-state index in [1.54, 1.807) is 0 Å². The summed E-state index contributed by atoms with van der Waals surface area (Å²) < 4.78 is 77.7. The molecule has 0 unspecified atom stereocenters. The Labute approximate surface area is 131 Å². The first-order valence-corrected chi connectivity index (χ1v) is 6.21. The van der Waals surface area contributed by atoms with Gasteiger partial charge in [-0.25, -0.2) is 4.98 Å². The fourth-order valence-electron chi connectivity index (χ4n) is 1.91. The molecule has 4 N–H and O–H groups in total. The minimum absolute atomic E-state index is 0.00328. The van der Waals surface area contributed by atoms with Crippen LogP contribution in [0.25, 0.3) is 17.3 Å². The van der Waals surface area contributed by atoms with Crippen molar-refractivity contribution in [3.05, 3.63) is 41.2 Å². The van der Waals surface area contributed by atoms with Gasteiger partial charge in [-0.15, -0.1) is 10.2 Å². The lowest BCUT2D eigenvalue weighted by Gasteiger charge is -2.16. The van der Waals surface area contributed by atoms with Crippen molar-refractivity contribution in [2.24, 2.45) is 5.73 Å². The topological polar surface area (TPSA) is 90.7 Å². The van der Waals surface area contributed by atoms with E-state index in [4.69, 9.17) is 11.5 Å². The molecule has 1 aromatic heterocycles. The van der Waals surface area contributed by atoms with E-state index < -0.39 is 34.7 Å². The number of anilines is 1. The largest absolute Gasteiger partial charge is 0.417 e. The maximum absolute atomic E-state index is 13.2. The van der Waals surface area contributed by atoms with Crippen LogP contribution in [-0.2, 0) is 12.4 Å². The van der Waals surface area contributed by atoms with E-state index >= 15 is 0 Å². The highest BCUT2D eigenvalue weighted by Crippen LogP contribution is 2.41. The van der Waals surface area contributed by atoms with Crippen LogP contribution in [0, 0.1) is 0 Å². The third-order valence-corrected chi connectivity index (χ3v) is 2.89. The zero-order chi connectivity index (χ0) is 18.1. The molecule has 2 rings (SSSR count). The van der Waals surface area contributed by atoms with Gasteiger partial charge in [-0.05, 0) is 24.4 Å². The van der Waals surface area contributed by atoms with Gasteiger partial charge in [0, 0.05) is 5.56 Å². The molecule has 0 radical (unpaired) electrons. The molecule has 2 aromatic rings. The summed E-state index contributed by atoms with van der Waals surface area (Å²) in [7, 11) is 0. The average Bonchev–Trinajstić information content (AvgIpc) is 2.45. The third kappa shape index (κ3) is 3.55. The van der Waals surface area contributed by atoms with Crippen molar-refractivity contribution in [3.63, 3.8) is 0 Å². The van der Waals surface area contributed by atoms with Gasteiger partial charge in [0.25, 0.3) is 0 Å². The molecule has 128 valence electrons. The molecule has 0 aliphatic carbocycles. The van der Waals surface area contributed by atoms with Crippen LogP contribution in [0.3, 0.4) is 0 Å². The number of hydrogen-bond donors (Lipinski definition) is 2. The summed E-state index contributed by atoms with van der Waals surface area (Å²) in [6.45, 7) is 0. The quantitative estimate of drug-likeness (QED) is 0.813. The summed E-state index contributed by atoms with van der Waals surface area (Å²) >= 11 is 0. The van der Waals surface area contributed by atoms with E-state index in [-0.39, 0.29) is 17.7 Å². The predicted octanol–water partition coefficient (Wildman–Crippen LogP) is 3.09. The molecule has 24 heavy (non-hydrogen) atoms. The number of benzene rings is 1. The lowest BCUT2D eigenvalue weighted by Crippen LogP contribution is -2.13. The lowest BCUT2D eigenvalue weighted by atomic mass is 9.99. The molecule has 11 heteroatoms. The molecule has 0 bridgehead atoms. The molecule has 1 heterocycles. The van der Waals surface area contributed by atoms with Crippen molar-refractivity contribution in [2.45, 2.75) is 12.4 Å². The summed E-state index contributed by atoms with van der Waals surface area (Å²) in [5, 5.41) is 6.85. The van der Waals surface area contributed by atoms with Gasteiger partial charge in [-0.3, -0.25) is 0 Å². The Kier molecular flexibility index (Phi) is 4.36. The van der Waals surface area contributed by atoms with E-state index in [0.717, 1.165) is 12.3 Å². The summed E-state index contributed by atoms with van der Waals surface area (Å²) in [5.74, 6) is -0.327. The van der Waals surface area contributed by atoms with E-state index in [2.05, 4.69) is 15.2 Å². The van der Waals surface area contributed by atoms with Gasteiger partial charge in [0.15, 0.2) is 0 Å². The van der Waals surface area contributed by atoms with Gasteiger partial charge in [-0.2, -0.15) is 26.3 Å². The predicted molar refractivity (Wildman–Crippen MR) is 72.9 cm³/mol. The lowest BCUT2D eigenvalue weighted by molar-refractivity contribution is -0.142. The molecule has 0 atom stereocenters. The van der Waals surface area contributed by atoms with E-state index in [9.17, 15) is 26.3 Å². The van der Waals surface area contributed by atoms with Crippen LogP contribution in [0.15, 0.2) is 24.4 Å². The summed E-state index contributed by atoms with van der Waals surface area (Å²) in [6.07, 6.45) is -7.89. The molecular weight excluding hydrogens is 340 g/mol. The number of alkyl halides is 6. The molecule has 0 amide bonds. The highest BCUT2D eigenvalue weighted by atomic mass is 19.4. The molecule has 0 aliphatic rings. The van der Waals surface area contributed by atoms with Crippen LogP contribution in [0.2, 0.25) is 0 Å². The second kappa shape index (κ2) is 5.98. The fraction of sp³-hybridized carbons (Fsp3) is 0.154. The Bertz CT molecular complexity index is 781. The number of nitrogens with zero attached hydrogens (tertiary/aromatic N) is 3. The molecule has 0 saturated heterocycles. The van der Waals surface area contributed by atoms with Crippen LogP contribution >= 0.6 is 0 Å². The van der Waals surface area contributed by atoms with Crippen molar-refractivity contribution in [1.82, 2.24) is 15.2 Å². The van der Waals surface area contributed by atoms with Crippen molar-refractivity contribution in [1.29, 1.82) is 0 Å².